The van der Waals surface area contributed by atoms with Gasteiger partial charge in [0.15, 0.2) is 0 Å². The van der Waals surface area contributed by atoms with Crippen LogP contribution in [0.1, 0.15) is 17.0 Å². The minimum atomic E-state index is -0.260. The Morgan fingerprint density at radius 1 is 1.19 bits per heavy atom. The highest BCUT2D eigenvalue weighted by Crippen LogP contribution is 2.21. The molecule has 84 valence electrons. The van der Waals surface area contributed by atoms with Crippen molar-refractivity contribution in [3.05, 3.63) is 59.8 Å². The van der Waals surface area contributed by atoms with Gasteiger partial charge >= 0.3 is 0 Å². The summed E-state index contributed by atoms with van der Waals surface area (Å²) in [5, 5.41) is 9.32. The number of hydrogen-bond acceptors (Lipinski definition) is 2. The molecule has 1 heterocycles. The summed E-state index contributed by atoms with van der Waals surface area (Å²) in [7, 11) is 0. The first-order valence-corrected chi connectivity index (χ1v) is 5.17. The molecule has 2 nitrogen and oxygen atoms in total. The van der Waals surface area contributed by atoms with E-state index >= 15 is 0 Å². The lowest BCUT2D eigenvalue weighted by Gasteiger charge is -2.13. The molecule has 1 N–H and O–H groups in total. The topological polar surface area (TPSA) is 33.4 Å². The minimum absolute atomic E-state index is 0.0156. The first-order chi connectivity index (χ1) is 7.79. The number of rotatable bonds is 4. The van der Waals surface area contributed by atoms with Gasteiger partial charge in [0.2, 0.25) is 0 Å². The number of benzene rings is 1. The summed E-state index contributed by atoms with van der Waals surface area (Å²) < 4.78 is 17.7. The Hall–Kier alpha value is -1.61. The molecule has 2 rings (SSSR count). The Balaban J connectivity index is 2.13. The van der Waals surface area contributed by atoms with Crippen LogP contribution in [-0.4, -0.2) is 11.7 Å². The molecule has 1 aromatic carbocycles. The molecule has 0 radical (unpaired) electrons. The summed E-state index contributed by atoms with van der Waals surface area (Å²) in [6, 6.07) is 8.10. The van der Waals surface area contributed by atoms with Crippen LogP contribution in [0.15, 0.2) is 47.3 Å². The second kappa shape index (κ2) is 4.94. The van der Waals surface area contributed by atoms with Crippen LogP contribution in [0.5, 0.6) is 0 Å². The zero-order chi connectivity index (χ0) is 11.4. The zero-order valence-electron chi connectivity index (χ0n) is 8.77. The summed E-state index contributed by atoms with van der Waals surface area (Å²) >= 11 is 0. The fraction of sp³-hybridized carbons (Fsp3) is 0.231. The summed E-state index contributed by atoms with van der Waals surface area (Å²) in [4.78, 5) is 0. The number of aliphatic hydroxyl groups is 1. The summed E-state index contributed by atoms with van der Waals surface area (Å²) in [5.74, 6) is -0.276. The van der Waals surface area contributed by atoms with E-state index < -0.39 is 0 Å². The summed E-state index contributed by atoms with van der Waals surface area (Å²) in [6.45, 7) is 0.0385. The largest absolute Gasteiger partial charge is 0.472 e. The predicted molar refractivity (Wildman–Crippen MR) is 58.6 cm³/mol. The van der Waals surface area contributed by atoms with Gasteiger partial charge < -0.3 is 9.52 Å². The molecule has 0 aliphatic carbocycles. The Labute approximate surface area is 93.3 Å². The fourth-order valence-corrected chi connectivity index (χ4v) is 1.72. The van der Waals surface area contributed by atoms with Crippen LogP contribution in [0.3, 0.4) is 0 Å². The molecule has 0 saturated heterocycles. The predicted octanol–water partition coefficient (Wildman–Crippen LogP) is 2.74. The van der Waals surface area contributed by atoms with E-state index in [2.05, 4.69) is 0 Å². The molecule has 0 aliphatic rings. The number of hydrogen-bond donors (Lipinski definition) is 1. The van der Waals surface area contributed by atoms with Crippen molar-refractivity contribution in [2.75, 3.05) is 6.61 Å². The molecule has 0 spiro atoms. The van der Waals surface area contributed by atoms with Gasteiger partial charge in [-0.2, -0.15) is 0 Å². The Morgan fingerprint density at radius 3 is 2.50 bits per heavy atom. The van der Waals surface area contributed by atoms with Crippen molar-refractivity contribution in [1.82, 2.24) is 0 Å². The van der Waals surface area contributed by atoms with Gasteiger partial charge in [0.25, 0.3) is 0 Å². The average molecular weight is 220 g/mol. The summed E-state index contributed by atoms with van der Waals surface area (Å²) in [5.41, 5.74) is 1.97. The standard InChI is InChI=1S/C13H13FO2/c14-13-3-1-11(2-4-13)12(8-15)7-10-5-6-16-9-10/h1-6,9,12,15H,7-8H2. The van der Waals surface area contributed by atoms with Crippen LogP contribution in [0.2, 0.25) is 0 Å². The molecular formula is C13H13FO2. The van der Waals surface area contributed by atoms with E-state index in [0.29, 0.717) is 6.42 Å². The first kappa shape index (κ1) is 10.9. The molecule has 3 heteroatoms. The van der Waals surface area contributed by atoms with Gasteiger partial charge in [-0.1, -0.05) is 12.1 Å². The molecule has 1 aromatic heterocycles. The third kappa shape index (κ3) is 2.49. The van der Waals surface area contributed by atoms with E-state index in [1.54, 1.807) is 24.7 Å². The highest BCUT2D eigenvalue weighted by molar-refractivity contribution is 5.23. The fourth-order valence-electron chi connectivity index (χ4n) is 1.72. The van der Waals surface area contributed by atoms with Crippen molar-refractivity contribution in [1.29, 1.82) is 0 Å². The SMILES string of the molecule is OCC(Cc1ccoc1)c1ccc(F)cc1. The molecule has 0 bridgehead atoms. The zero-order valence-corrected chi connectivity index (χ0v) is 8.77. The van der Waals surface area contributed by atoms with Crippen LogP contribution in [0.25, 0.3) is 0 Å². The first-order valence-electron chi connectivity index (χ1n) is 5.17. The molecule has 1 unspecified atom stereocenters. The lowest BCUT2D eigenvalue weighted by Crippen LogP contribution is -2.07. The molecule has 0 amide bonds. The minimum Gasteiger partial charge on any atom is -0.472 e. The van der Waals surface area contributed by atoms with Crippen molar-refractivity contribution in [2.24, 2.45) is 0 Å². The van der Waals surface area contributed by atoms with Gasteiger partial charge in [0, 0.05) is 5.92 Å². The van der Waals surface area contributed by atoms with E-state index in [9.17, 15) is 9.50 Å². The van der Waals surface area contributed by atoms with E-state index in [0.717, 1.165) is 11.1 Å². The monoisotopic (exact) mass is 220 g/mol. The molecule has 0 aliphatic heterocycles. The molecule has 0 fully saturated rings. The molecule has 1 atom stereocenters. The van der Waals surface area contributed by atoms with Crippen LogP contribution in [0, 0.1) is 5.82 Å². The maximum absolute atomic E-state index is 12.8. The van der Waals surface area contributed by atoms with Crippen molar-refractivity contribution >= 4 is 0 Å². The number of halogens is 1. The Bertz CT molecular complexity index is 420. The van der Waals surface area contributed by atoms with Crippen molar-refractivity contribution < 1.29 is 13.9 Å². The Morgan fingerprint density at radius 2 is 1.94 bits per heavy atom. The molecule has 16 heavy (non-hydrogen) atoms. The third-order valence-electron chi connectivity index (χ3n) is 2.62. The second-order valence-corrected chi connectivity index (χ2v) is 3.77. The van der Waals surface area contributed by atoms with E-state index in [-0.39, 0.29) is 18.3 Å². The van der Waals surface area contributed by atoms with Crippen LogP contribution in [-0.2, 0) is 6.42 Å². The maximum Gasteiger partial charge on any atom is 0.123 e. The van der Waals surface area contributed by atoms with Crippen molar-refractivity contribution in [3.63, 3.8) is 0 Å². The number of furan rings is 1. The highest BCUT2D eigenvalue weighted by atomic mass is 19.1. The quantitative estimate of drug-likeness (QED) is 0.859. The van der Waals surface area contributed by atoms with Gasteiger partial charge in [-0.3, -0.25) is 0 Å². The van der Waals surface area contributed by atoms with Crippen molar-refractivity contribution in [3.8, 4) is 0 Å². The van der Waals surface area contributed by atoms with Crippen molar-refractivity contribution in [2.45, 2.75) is 12.3 Å². The average Bonchev–Trinajstić information content (AvgIpc) is 2.80. The molecule has 2 aromatic rings. The van der Waals surface area contributed by atoms with Gasteiger partial charge in [0.1, 0.15) is 5.82 Å². The van der Waals surface area contributed by atoms with Gasteiger partial charge in [-0.05, 0) is 35.7 Å². The third-order valence-corrected chi connectivity index (χ3v) is 2.62. The normalized spacial score (nSPS) is 12.6. The Kier molecular flexibility index (Phi) is 3.37. The van der Waals surface area contributed by atoms with E-state index in [4.69, 9.17) is 4.42 Å². The smallest absolute Gasteiger partial charge is 0.123 e. The van der Waals surface area contributed by atoms with Gasteiger partial charge in [-0.25, -0.2) is 4.39 Å². The second-order valence-electron chi connectivity index (χ2n) is 3.77. The summed E-state index contributed by atoms with van der Waals surface area (Å²) in [6.07, 6.45) is 3.96. The van der Waals surface area contributed by atoms with Crippen LogP contribution in [0.4, 0.5) is 4.39 Å². The van der Waals surface area contributed by atoms with Crippen LogP contribution < -0.4 is 0 Å². The van der Waals surface area contributed by atoms with E-state index in [1.165, 1.54) is 12.1 Å². The highest BCUT2D eigenvalue weighted by Gasteiger charge is 2.11. The lowest BCUT2D eigenvalue weighted by atomic mass is 9.94. The van der Waals surface area contributed by atoms with Gasteiger partial charge in [-0.15, -0.1) is 0 Å². The lowest BCUT2D eigenvalue weighted by molar-refractivity contribution is 0.264. The number of aliphatic hydroxyl groups excluding tert-OH is 1. The maximum atomic E-state index is 12.8. The molecule has 0 saturated carbocycles. The van der Waals surface area contributed by atoms with Gasteiger partial charge in [0.05, 0.1) is 19.1 Å². The van der Waals surface area contributed by atoms with Crippen LogP contribution >= 0.6 is 0 Å². The molecular weight excluding hydrogens is 207 g/mol. The van der Waals surface area contributed by atoms with E-state index in [1.807, 2.05) is 6.07 Å².